The van der Waals surface area contributed by atoms with Crippen molar-refractivity contribution in [2.45, 2.75) is 43.2 Å². The summed E-state index contributed by atoms with van der Waals surface area (Å²) >= 11 is 0. The molecule has 1 heterocycles. The molecule has 2 unspecified atom stereocenters. The first-order valence-electron chi connectivity index (χ1n) is 7.36. The molecule has 22 heavy (non-hydrogen) atoms. The quantitative estimate of drug-likeness (QED) is 0.821. The van der Waals surface area contributed by atoms with Crippen molar-refractivity contribution in [1.29, 1.82) is 0 Å². The number of piperidine rings is 1. The first kappa shape index (κ1) is 19.4. The van der Waals surface area contributed by atoms with Crippen molar-refractivity contribution in [1.82, 2.24) is 10.0 Å². The van der Waals surface area contributed by atoms with Crippen molar-refractivity contribution in [2.24, 2.45) is 0 Å². The second-order valence-corrected chi connectivity index (χ2v) is 7.21. The Morgan fingerprint density at radius 3 is 2.59 bits per heavy atom. The van der Waals surface area contributed by atoms with Crippen LogP contribution < -0.4 is 10.0 Å². The fourth-order valence-electron chi connectivity index (χ4n) is 2.53. The minimum absolute atomic E-state index is 0. The molecule has 5 nitrogen and oxygen atoms in total. The smallest absolute Gasteiger partial charge is 0.240 e. The molecule has 1 aromatic carbocycles. The third kappa shape index (κ3) is 5.21. The molecule has 1 aliphatic heterocycles. The minimum Gasteiger partial charge on any atom is -0.384 e. The summed E-state index contributed by atoms with van der Waals surface area (Å²) in [6.45, 7) is 3.60. The van der Waals surface area contributed by atoms with Gasteiger partial charge in [-0.25, -0.2) is 13.1 Å². The van der Waals surface area contributed by atoms with Crippen LogP contribution in [-0.2, 0) is 21.2 Å². The van der Waals surface area contributed by atoms with E-state index in [1.54, 1.807) is 19.2 Å². The van der Waals surface area contributed by atoms with Crippen LogP contribution in [0.15, 0.2) is 29.2 Å². The topological polar surface area (TPSA) is 67.4 Å². The van der Waals surface area contributed by atoms with Crippen molar-refractivity contribution in [2.75, 3.05) is 20.3 Å². The van der Waals surface area contributed by atoms with Crippen molar-refractivity contribution in [3.8, 4) is 0 Å². The summed E-state index contributed by atoms with van der Waals surface area (Å²) in [6, 6.07) is 7.13. The van der Waals surface area contributed by atoms with Gasteiger partial charge in [0.1, 0.15) is 0 Å². The molecule has 0 saturated carbocycles. The lowest BCUT2D eigenvalue weighted by molar-refractivity contribution is 0.202. The molecule has 1 saturated heterocycles. The number of nitrogens with one attached hydrogen (secondary N) is 2. The van der Waals surface area contributed by atoms with Crippen LogP contribution in [0.1, 0.15) is 25.3 Å². The van der Waals surface area contributed by atoms with Gasteiger partial charge in [-0.2, -0.15) is 0 Å². The van der Waals surface area contributed by atoms with Gasteiger partial charge in [0.25, 0.3) is 0 Å². The molecule has 1 aliphatic rings. The van der Waals surface area contributed by atoms with Crippen LogP contribution in [0.4, 0.5) is 0 Å². The number of ether oxygens (including phenoxy) is 1. The Labute approximate surface area is 139 Å². The van der Waals surface area contributed by atoms with E-state index in [0.717, 1.165) is 31.4 Å². The van der Waals surface area contributed by atoms with Gasteiger partial charge in [0.2, 0.25) is 10.0 Å². The van der Waals surface area contributed by atoms with Gasteiger partial charge in [-0.05, 0) is 50.4 Å². The highest BCUT2D eigenvalue weighted by Crippen LogP contribution is 2.15. The van der Waals surface area contributed by atoms with Crippen molar-refractivity contribution in [3.63, 3.8) is 0 Å². The lowest BCUT2D eigenvalue weighted by atomic mass is 10.0. The van der Waals surface area contributed by atoms with Gasteiger partial charge in [-0.1, -0.05) is 12.1 Å². The van der Waals surface area contributed by atoms with Crippen LogP contribution >= 0.6 is 12.4 Å². The van der Waals surface area contributed by atoms with Gasteiger partial charge >= 0.3 is 0 Å². The van der Waals surface area contributed by atoms with E-state index in [1.807, 2.05) is 19.1 Å². The average molecular weight is 349 g/mol. The fourth-order valence-corrected chi connectivity index (χ4v) is 3.88. The summed E-state index contributed by atoms with van der Waals surface area (Å²) < 4.78 is 32.6. The zero-order chi connectivity index (χ0) is 15.3. The summed E-state index contributed by atoms with van der Waals surface area (Å²) in [7, 11) is -1.80. The van der Waals surface area contributed by atoms with E-state index in [9.17, 15) is 8.42 Å². The molecule has 0 aromatic heterocycles. The van der Waals surface area contributed by atoms with Crippen LogP contribution in [0, 0.1) is 0 Å². The highest BCUT2D eigenvalue weighted by atomic mass is 35.5. The van der Waals surface area contributed by atoms with Crippen LogP contribution in [0.5, 0.6) is 0 Å². The summed E-state index contributed by atoms with van der Waals surface area (Å²) in [6.07, 6.45) is 2.65. The number of sulfonamides is 1. The summed E-state index contributed by atoms with van der Waals surface area (Å²) in [5.74, 6) is 0. The molecule has 2 N–H and O–H groups in total. The first-order valence-corrected chi connectivity index (χ1v) is 8.85. The Hall–Kier alpha value is -0.660. The van der Waals surface area contributed by atoms with E-state index >= 15 is 0 Å². The summed E-state index contributed by atoms with van der Waals surface area (Å²) in [4.78, 5) is 0.321. The maximum absolute atomic E-state index is 12.4. The van der Waals surface area contributed by atoms with E-state index in [2.05, 4.69) is 10.0 Å². The molecule has 7 heteroatoms. The van der Waals surface area contributed by atoms with Gasteiger partial charge < -0.3 is 10.1 Å². The van der Waals surface area contributed by atoms with Crippen LogP contribution in [-0.4, -0.2) is 40.8 Å². The summed E-state index contributed by atoms with van der Waals surface area (Å²) in [5.41, 5.74) is 1.07. The maximum atomic E-state index is 12.4. The SMILES string of the molecule is COCCc1ccc(S(=O)(=O)NC2CCCNC2C)cc1.Cl. The standard InChI is InChI=1S/C15H24N2O3S.ClH/c1-12-15(4-3-10-16-12)17-21(18,19)14-7-5-13(6-8-14)9-11-20-2;/h5-8,12,15-17H,3-4,9-11H2,1-2H3;1H. The average Bonchev–Trinajstić information content (AvgIpc) is 2.48. The second kappa shape index (κ2) is 8.84. The molecular weight excluding hydrogens is 324 g/mol. The minimum atomic E-state index is -3.45. The molecule has 1 aromatic rings. The van der Waals surface area contributed by atoms with Crippen molar-refractivity contribution in [3.05, 3.63) is 29.8 Å². The maximum Gasteiger partial charge on any atom is 0.240 e. The molecule has 2 atom stereocenters. The zero-order valence-corrected chi connectivity index (χ0v) is 14.7. The Kier molecular flexibility index (Phi) is 7.79. The number of benzene rings is 1. The highest BCUT2D eigenvalue weighted by molar-refractivity contribution is 7.89. The van der Waals surface area contributed by atoms with Gasteiger partial charge in [0, 0.05) is 19.2 Å². The zero-order valence-electron chi connectivity index (χ0n) is 13.0. The van der Waals surface area contributed by atoms with Crippen molar-refractivity contribution >= 4 is 22.4 Å². The Bertz CT molecular complexity index is 548. The number of rotatable bonds is 6. The molecule has 0 amide bonds. The van der Waals surface area contributed by atoms with Crippen LogP contribution in [0.3, 0.4) is 0 Å². The molecule has 0 spiro atoms. The number of methoxy groups -OCH3 is 1. The summed E-state index contributed by atoms with van der Waals surface area (Å²) in [5, 5.41) is 3.30. The van der Waals surface area contributed by atoms with Gasteiger partial charge in [-0.15, -0.1) is 12.4 Å². The fraction of sp³-hybridized carbons (Fsp3) is 0.600. The molecule has 2 rings (SSSR count). The Morgan fingerprint density at radius 2 is 2.00 bits per heavy atom. The molecule has 0 aliphatic carbocycles. The molecule has 0 bridgehead atoms. The highest BCUT2D eigenvalue weighted by Gasteiger charge is 2.26. The van der Waals surface area contributed by atoms with Gasteiger partial charge in [0.15, 0.2) is 0 Å². The van der Waals surface area contributed by atoms with E-state index in [1.165, 1.54) is 0 Å². The predicted molar refractivity (Wildman–Crippen MR) is 90.1 cm³/mol. The second-order valence-electron chi connectivity index (χ2n) is 5.50. The monoisotopic (exact) mass is 348 g/mol. The largest absolute Gasteiger partial charge is 0.384 e. The van der Waals surface area contributed by atoms with E-state index in [4.69, 9.17) is 4.74 Å². The van der Waals surface area contributed by atoms with Crippen LogP contribution in [0.2, 0.25) is 0 Å². The first-order chi connectivity index (χ1) is 10.0. The molecule has 0 radical (unpaired) electrons. The Morgan fingerprint density at radius 1 is 1.32 bits per heavy atom. The lowest BCUT2D eigenvalue weighted by Gasteiger charge is -2.30. The van der Waals surface area contributed by atoms with E-state index in [0.29, 0.717) is 11.5 Å². The van der Waals surface area contributed by atoms with Crippen molar-refractivity contribution < 1.29 is 13.2 Å². The predicted octanol–water partition coefficient (Wildman–Crippen LogP) is 1.72. The normalized spacial score (nSPS) is 22.1. The Balaban J connectivity index is 0.00000242. The van der Waals surface area contributed by atoms with E-state index in [-0.39, 0.29) is 24.5 Å². The molecular formula is C15H25ClN2O3S. The number of hydrogen-bond donors (Lipinski definition) is 2. The third-order valence-electron chi connectivity index (χ3n) is 3.90. The van der Waals surface area contributed by atoms with Crippen LogP contribution in [0.25, 0.3) is 0 Å². The van der Waals surface area contributed by atoms with Gasteiger partial charge in [-0.3, -0.25) is 0 Å². The van der Waals surface area contributed by atoms with E-state index < -0.39 is 10.0 Å². The molecule has 1 fully saturated rings. The lowest BCUT2D eigenvalue weighted by Crippen LogP contribution is -2.51. The molecule has 126 valence electrons. The number of halogens is 1. The third-order valence-corrected chi connectivity index (χ3v) is 5.40. The number of hydrogen-bond acceptors (Lipinski definition) is 4. The van der Waals surface area contributed by atoms with Gasteiger partial charge in [0.05, 0.1) is 11.5 Å².